The summed E-state index contributed by atoms with van der Waals surface area (Å²) in [6.07, 6.45) is -1.62. The Hall–Kier alpha value is -0.0700. The Morgan fingerprint density at radius 1 is 1.26 bits per heavy atom. The highest BCUT2D eigenvalue weighted by Crippen LogP contribution is 2.40. The van der Waals surface area contributed by atoms with Gasteiger partial charge in [0.05, 0.1) is 9.70 Å². The zero-order valence-electron chi connectivity index (χ0n) is 10.4. The summed E-state index contributed by atoms with van der Waals surface area (Å²) in [5.74, 6) is -0.897. The molecule has 0 saturated heterocycles. The third-order valence-electron chi connectivity index (χ3n) is 3.91. The van der Waals surface area contributed by atoms with Crippen LogP contribution in [-0.2, 0) is 6.42 Å². The maximum Gasteiger partial charge on any atom is 0.391 e. The Bertz CT molecular complexity index is 410. The van der Waals surface area contributed by atoms with Crippen molar-refractivity contribution in [1.82, 2.24) is 0 Å². The molecule has 0 radical (unpaired) electrons. The largest absolute Gasteiger partial charge is 0.391 e. The van der Waals surface area contributed by atoms with Crippen molar-refractivity contribution in [3.05, 3.63) is 20.8 Å². The average molecular weight is 356 g/mol. The molecule has 0 aliphatic heterocycles. The third-order valence-corrected chi connectivity index (χ3v) is 5.55. The molecule has 6 heteroatoms. The molecule has 1 aromatic rings. The molecule has 1 nitrogen and oxygen atoms in total. The van der Waals surface area contributed by atoms with Crippen molar-refractivity contribution in [1.29, 1.82) is 0 Å². The molecule has 1 fully saturated rings. The van der Waals surface area contributed by atoms with Gasteiger partial charge in [-0.2, -0.15) is 13.2 Å². The van der Waals surface area contributed by atoms with E-state index in [-0.39, 0.29) is 24.8 Å². The van der Waals surface area contributed by atoms with Crippen LogP contribution in [-0.4, -0.2) is 12.2 Å². The van der Waals surface area contributed by atoms with Crippen LogP contribution in [0.3, 0.4) is 0 Å². The predicted molar refractivity (Wildman–Crippen MR) is 75.2 cm³/mol. The van der Waals surface area contributed by atoms with Gasteiger partial charge in [-0.15, -0.1) is 11.3 Å². The molecule has 2 N–H and O–H groups in total. The van der Waals surface area contributed by atoms with Crippen LogP contribution in [0.2, 0.25) is 0 Å². The van der Waals surface area contributed by atoms with E-state index in [0.29, 0.717) is 12.8 Å². The third kappa shape index (κ3) is 4.20. The monoisotopic (exact) mass is 355 g/mol. The lowest BCUT2D eigenvalue weighted by molar-refractivity contribution is -0.184. The molecule has 1 atom stereocenters. The minimum atomic E-state index is -4.03. The average Bonchev–Trinajstić information content (AvgIpc) is 2.74. The van der Waals surface area contributed by atoms with E-state index in [1.54, 1.807) is 11.3 Å². The van der Waals surface area contributed by atoms with Gasteiger partial charge in [0.2, 0.25) is 0 Å². The maximum atomic E-state index is 12.6. The quantitative estimate of drug-likeness (QED) is 0.831. The lowest BCUT2D eigenvalue weighted by Crippen LogP contribution is -2.37. The molecule has 1 aliphatic rings. The molecule has 1 saturated carbocycles. The molecule has 19 heavy (non-hydrogen) atoms. The normalized spacial score (nSPS) is 26.4. The molecule has 108 valence electrons. The minimum absolute atomic E-state index is 0.0280. The van der Waals surface area contributed by atoms with Crippen LogP contribution in [0, 0.1) is 11.8 Å². The Balaban J connectivity index is 1.84. The summed E-state index contributed by atoms with van der Waals surface area (Å²) in [6.45, 7) is 0. The van der Waals surface area contributed by atoms with E-state index in [0.717, 1.165) is 10.2 Å². The number of hydrogen-bond donors (Lipinski definition) is 1. The molecular weight excluding hydrogens is 339 g/mol. The van der Waals surface area contributed by atoms with Gasteiger partial charge in [-0.05, 0) is 66.1 Å². The van der Waals surface area contributed by atoms with Gasteiger partial charge in [0.1, 0.15) is 0 Å². The predicted octanol–water partition coefficient (Wildman–Crippen LogP) is 4.75. The fraction of sp³-hybridized carbons (Fsp3) is 0.692. The summed E-state index contributed by atoms with van der Waals surface area (Å²) in [4.78, 5) is 1.19. The number of nitrogens with two attached hydrogens (primary N) is 1. The molecule has 2 rings (SSSR count). The highest BCUT2D eigenvalue weighted by Gasteiger charge is 2.42. The second-order valence-corrected chi connectivity index (χ2v) is 7.77. The van der Waals surface area contributed by atoms with Crippen LogP contribution >= 0.6 is 27.3 Å². The summed E-state index contributed by atoms with van der Waals surface area (Å²) >= 11 is 5.04. The standard InChI is InChI=1S/C13H17BrF3NS/c14-12-6-5-10(19-12)7-11(18)8-1-3-9(4-2-8)13(15,16)17/h5-6,8-9,11H,1-4,7,18H2. The molecule has 1 unspecified atom stereocenters. The van der Waals surface area contributed by atoms with Gasteiger partial charge in [0, 0.05) is 10.9 Å². The van der Waals surface area contributed by atoms with E-state index in [4.69, 9.17) is 5.73 Å². The van der Waals surface area contributed by atoms with Crippen molar-refractivity contribution >= 4 is 27.3 Å². The van der Waals surface area contributed by atoms with Gasteiger partial charge < -0.3 is 5.73 Å². The zero-order chi connectivity index (χ0) is 14.0. The lowest BCUT2D eigenvalue weighted by atomic mass is 9.77. The van der Waals surface area contributed by atoms with Crippen LogP contribution in [0.5, 0.6) is 0 Å². The topological polar surface area (TPSA) is 26.0 Å². The van der Waals surface area contributed by atoms with E-state index in [1.807, 2.05) is 12.1 Å². The molecule has 1 aliphatic carbocycles. The first-order chi connectivity index (χ1) is 8.86. The Kier molecular flexibility index (Phi) is 4.95. The first-order valence-electron chi connectivity index (χ1n) is 6.42. The van der Waals surface area contributed by atoms with Crippen molar-refractivity contribution in [2.24, 2.45) is 17.6 Å². The smallest absolute Gasteiger partial charge is 0.327 e. The van der Waals surface area contributed by atoms with Crippen LogP contribution in [0.25, 0.3) is 0 Å². The van der Waals surface area contributed by atoms with E-state index in [2.05, 4.69) is 15.9 Å². The summed E-state index contributed by atoms with van der Waals surface area (Å²) in [5.41, 5.74) is 6.15. The molecule has 1 heterocycles. The van der Waals surface area contributed by atoms with E-state index in [9.17, 15) is 13.2 Å². The van der Waals surface area contributed by atoms with Crippen molar-refractivity contribution in [2.75, 3.05) is 0 Å². The van der Waals surface area contributed by atoms with Crippen molar-refractivity contribution < 1.29 is 13.2 Å². The number of hydrogen-bond acceptors (Lipinski definition) is 2. The highest BCUT2D eigenvalue weighted by molar-refractivity contribution is 9.11. The fourth-order valence-corrected chi connectivity index (χ4v) is 4.29. The Labute approximate surface area is 123 Å². The van der Waals surface area contributed by atoms with Crippen LogP contribution < -0.4 is 5.73 Å². The van der Waals surface area contributed by atoms with Crippen LogP contribution in [0.4, 0.5) is 13.2 Å². The van der Waals surface area contributed by atoms with Crippen molar-refractivity contribution in [2.45, 2.75) is 44.3 Å². The molecule has 1 aromatic heterocycles. The maximum absolute atomic E-state index is 12.6. The molecule has 0 bridgehead atoms. The fourth-order valence-electron chi connectivity index (χ4n) is 2.74. The molecular formula is C13H17BrF3NS. The van der Waals surface area contributed by atoms with E-state index in [1.165, 1.54) is 4.88 Å². The van der Waals surface area contributed by atoms with E-state index >= 15 is 0 Å². The number of thiophene rings is 1. The van der Waals surface area contributed by atoms with Crippen LogP contribution in [0.15, 0.2) is 15.9 Å². The van der Waals surface area contributed by atoms with Gasteiger partial charge in [-0.1, -0.05) is 0 Å². The molecule has 0 spiro atoms. The SMILES string of the molecule is NC(Cc1ccc(Br)s1)C1CCC(C(F)(F)F)CC1. The summed E-state index contributed by atoms with van der Waals surface area (Å²) in [6, 6.07) is 3.98. The van der Waals surface area contributed by atoms with Crippen molar-refractivity contribution in [3.8, 4) is 0 Å². The summed E-state index contributed by atoms with van der Waals surface area (Å²) < 4.78 is 38.8. The summed E-state index contributed by atoms with van der Waals surface area (Å²) in [7, 11) is 0. The van der Waals surface area contributed by atoms with Crippen molar-refractivity contribution in [3.63, 3.8) is 0 Å². The van der Waals surface area contributed by atoms with Gasteiger partial charge in [-0.25, -0.2) is 0 Å². The number of rotatable bonds is 3. The first kappa shape index (κ1) is 15.3. The zero-order valence-corrected chi connectivity index (χ0v) is 12.8. The van der Waals surface area contributed by atoms with Crippen LogP contribution in [0.1, 0.15) is 30.6 Å². The highest BCUT2D eigenvalue weighted by atomic mass is 79.9. The number of halogens is 4. The van der Waals surface area contributed by atoms with Gasteiger partial charge in [0.25, 0.3) is 0 Å². The summed E-state index contributed by atoms with van der Waals surface area (Å²) in [5, 5.41) is 0. The Morgan fingerprint density at radius 3 is 2.37 bits per heavy atom. The number of alkyl halides is 3. The van der Waals surface area contributed by atoms with Gasteiger partial charge in [-0.3, -0.25) is 0 Å². The second kappa shape index (κ2) is 6.14. The molecule has 0 amide bonds. The minimum Gasteiger partial charge on any atom is -0.327 e. The lowest BCUT2D eigenvalue weighted by Gasteiger charge is -2.32. The van der Waals surface area contributed by atoms with Gasteiger partial charge >= 0.3 is 6.18 Å². The Morgan fingerprint density at radius 2 is 1.89 bits per heavy atom. The van der Waals surface area contributed by atoms with Gasteiger partial charge in [0.15, 0.2) is 0 Å². The first-order valence-corrected chi connectivity index (χ1v) is 8.03. The molecule has 0 aromatic carbocycles. The second-order valence-electron chi connectivity index (χ2n) is 5.23. The van der Waals surface area contributed by atoms with E-state index < -0.39 is 12.1 Å².